The molecule has 0 saturated carbocycles. The van der Waals surface area contributed by atoms with E-state index in [9.17, 15) is 0 Å². The molecule has 2 N–H and O–H groups in total. The molecule has 0 atom stereocenters. The molecule has 0 aromatic carbocycles. The van der Waals surface area contributed by atoms with Gasteiger partial charge in [-0.1, -0.05) is 13.8 Å². The maximum absolute atomic E-state index is 3.34. The van der Waals surface area contributed by atoms with Gasteiger partial charge in [-0.25, -0.2) is 0 Å². The summed E-state index contributed by atoms with van der Waals surface area (Å²) >= 11 is 0. The van der Waals surface area contributed by atoms with Crippen molar-refractivity contribution in [2.24, 2.45) is 0 Å². The van der Waals surface area contributed by atoms with Crippen LogP contribution in [0.15, 0.2) is 0 Å². The third-order valence-corrected chi connectivity index (χ3v) is 2.08. The average Bonchev–Trinajstić information content (AvgIpc) is 2.01. The molecular weight excluding hydrogens is 150 g/mol. The summed E-state index contributed by atoms with van der Waals surface area (Å²) in [4.78, 5) is 2.22. The van der Waals surface area contributed by atoms with E-state index in [4.69, 9.17) is 0 Å². The van der Waals surface area contributed by atoms with Gasteiger partial charge in [0.2, 0.25) is 0 Å². The van der Waals surface area contributed by atoms with Gasteiger partial charge in [-0.2, -0.15) is 0 Å². The monoisotopic (exact) mass is 173 g/mol. The van der Waals surface area contributed by atoms with E-state index in [2.05, 4.69) is 29.6 Å². The van der Waals surface area contributed by atoms with Crippen molar-refractivity contribution in [3.63, 3.8) is 0 Å². The van der Waals surface area contributed by atoms with Gasteiger partial charge < -0.3 is 15.5 Å². The second-order valence-corrected chi connectivity index (χ2v) is 3.37. The lowest BCUT2D eigenvalue weighted by atomic mass is 9.92. The summed E-state index contributed by atoms with van der Waals surface area (Å²) in [5, 5.41) is 6.61. The topological polar surface area (TPSA) is 27.3 Å². The lowest BCUT2D eigenvalue weighted by Gasteiger charge is -2.44. The van der Waals surface area contributed by atoms with E-state index in [0.29, 0.717) is 5.54 Å². The largest absolute Gasteiger partial charge is 0.313 e. The first-order chi connectivity index (χ1) is 5.68. The number of hydrogen-bond acceptors (Lipinski definition) is 3. The van der Waals surface area contributed by atoms with Crippen molar-refractivity contribution in [1.29, 1.82) is 0 Å². The lowest BCUT2D eigenvalue weighted by molar-refractivity contribution is 0.171. The van der Waals surface area contributed by atoms with Crippen LogP contribution in [0.25, 0.3) is 0 Å². The predicted molar refractivity (Wildman–Crippen MR) is 54.6 cm³/mol. The Balaban J connectivity index is 0.000000561. The van der Waals surface area contributed by atoms with Gasteiger partial charge in [-0.05, 0) is 21.1 Å². The molecule has 0 aromatic rings. The Morgan fingerprint density at radius 2 is 1.83 bits per heavy atom. The minimum atomic E-state index is 0.351. The summed E-state index contributed by atoms with van der Waals surface area (Å²) in [5.41, 5.74) is 0.351. The van der Waals surface area contributed by atoms with Crippen molar-refractivity contribution in [2.45, 2.75) is 19.4 Å². The van der Waals surface area contributed by atoms with E-state index in [0.717, 1.165) is 19.6 Å². The Labute approximate surface area is 76.5 Å². The zero-order valence-corrected chi connectivity index (χ0v) is 9.07. The van der Waals surface area contributed by atoms with Gasteiger partial charge in [0.1, 0.15) is 0 Å². The quantitative estimate of drug-likeness (QED) is 0.635. The van der Waals surface area contributed by atoms with Gasteiger partial charge in [-0.15, -0.1) is 0 Å². The van der Waals surface area contributed by atoms with Crippen LogP contribution >= 0.6 is 0 Å². The number of nitrogens with one attached hydrogen (secondary N) is 2. The molecule has 1 fully saturated rings. The highest BCUT2D eigenvalue weighted by atomic mass is 15.2. The first-order valence-corrected chi connectivity index (χ1v) is 4.73. The predicted octanol–water partition coefficient (Wildman–Crippen LogP) is 0.136. The van der Waals surface area contributed by atoms with Crippen LogP contribution in [0.4, 0.5) is 0 Å². The second-order valence-electron chi connectivity index (χ2n) is 3.37. The molecular formula is C9H23N3. The number of likely N-dealkylation sites (N-methyl/N-ethyl adjacent to an activating group) is 2. The Morgan fingerprint density at radius 1 is 1.33 bits per heavy atom. The normalized spacial score (nSPS) is 19.5. The highest BCUT2D eigenvalue weighted by Gasteiger charge is 2.35. The smallest absolute Gasteiger partial charge is 0.0558 e. The van der Waals surface area contributed by atoms with Crippen molar-refractivity contribution in [1.82, 2.24) is 15.5 Å². The molecule has 0 spiro atoms. The SMILES string of the molecule is CC.CNC1(CN(C)C)CNC1. The average molecular weight is 173 g/mol. The maximum Gasteiger partial charge on any atom is 0.0558 e. The molecule has 0 radical (unpaired) electrons. The summed E-state index contributed by atoms with van der Waals surface area (Å²) in [6, 6.07) is 0. The molecule has 3 nitrogen and oxygen atoms in total. The minimum absolute atomic E-state index is 0.351. The Morgan fingerprint density at radius 3 is 1.92 bits per heavy atom. The highest BCUT2D eigenvalue weighted by Crippen LogP contribution is 2.10. The molecule has 1 aliphatic heterocycles. The fraction of sp³-hybridized carbons (Fsp3) is 1.00. The fourth-order valence-corrected chi connectivity index (χ4v) is 1.40. The Kier molecular flexibility index (Phi) is 5.46. The molecule has 1 saturated heterocycles. The maximum atomic E-state index is 3.34. The van der Waals surface area contributed by atoms with E-state index < -0.39 is 0 Å². The molecule has 74 valence electrons. The zero-order valence-electron chi connectivity index (χ0n) is 9.07. The molecule has 0 aliphatic carbocycles. The van der Waals surface area contributed by atoms with Crippen LogP contribution in [0.5, 0.6) is 0 Å². The van der Waals surface area contributed by atoms with Crippen LogP contribution in [-0.4, -0.2) is 51.2 Å². The van der Waals surface area contributed by atoms with Crippen LogP contribution in [0.1, 0.15) is 13.8 Å². The summed E-state index contributed by atoms with van der Waals surface area (Å²) in [5.74, 6) is 0. The van der Waals surface area contributed by atoms with E-state index >= 15 is 0 Å². The number of rotatable bonds is 3. The van der Waals surface area contributed by atoms with E-state index in [-0.39, 0.29) is 0 Å². The molecule has 1 rings (SSSR count). The van der Waals surface area contributed by atoms with Crippen LogP contribution in [-0.2, 0) is 0 Å². The molecule has 12 heavy (non-hydrogen) atoms. The molecule has 0 aromatic heterocycles. The number of nitrogens with zero attached hydrogens (tertiary/aromatic N) is 1. The minimum Gasteiger partial charge on any atom is -0.313 e. The van der Waals surface area contributed by atoms with Crippen molar-refractivity contribution < 1.29 is 0 Å². The molecule has 3 heteroatoms. The van der Waals surface area contributed by atoms with Crippen LogP contribution in [0.2, 0.25) is 0 Å². The lowest BCUT2D eigenvalue weighted by Crippen LogP contribution is -2.70. The Bertz CT molecular complexity index is 103. The first-order valence-electron chi connectivity index (χ1n) is 4.73. The van der Waals surface area contributed by atoms with Gasteiger partial charge in [0.15, 0.2) is 0 Å². The van der Waals surface area contributed by atoms with Gasteiger partial charge in [0.05, 0.1) is 5.54 Å². The molecule has 0 unspecified atom stereocenters. The van der Waals surface area contributed by atoms with Gasteiger partial charge in [0.25, 0.3) is 0 Å². The van der Waals surface area contributed by atoms with Crippen molar-refractivity contribution >= 4 is 0 Å². The molecule has 0 amide bonds. The van der Waals surface area contributed by atoms with E-state index in [1.165, 1.54) is 0 Å². The third kappa shape index (κ3) is 3.09. The second kappa shape index (κ2) is 5.51. The fourth-order valence-electron chi connectivity index (χ4n) is 1.40. The molecule has 1 heterocycles. The molecule has 0 bridgehead atoms. The van der Waals surface area contributed by atoms with Crippen molar-refractivity contribution in [3.05, 3.63) is 0 Å². The van der Waals surface area contributed by atoms with Crippen molar-refractivity contribution in [2.75, 3.05) is 40.8 Å². The summed E-state index contributed by atoms with van der Waals surface area (Å²) in [6.07, 6.45) is 0. The first kappa shape index (κ1) is 11.9. The standard InChI is InChI=1S/C7H17N3.C2H6/c1-8-7(4-9-5-7)6-10(2)3;1-2/h8-9H,4-6H2,1-3H3;1-2H3. The van der Waals surface area contributed by atoms with Gasteiger partial charge >= 0.3 is 0 Å². The Hall–Kier alpha value is -0.120. The van der Waals surface area contributed by atoms with Crippen LogP contribution < -0.4 is 10.6 Å². The molecule has 1 aliphatic rings. The third-order valence-electron chi connectivity index (χ3n) is 2.08. The van der Waals surface area contributed by atoms with Gasteiger partial charge in [-0.3, -0.25) is 0 Å². The van der Waals surface area contributed by atoms with Crippen molar-refractivity contribution in [3.8, 4) is 0 Å². The summed E-state index contributed by atoms with van der Waals surface area (Å²) in [6.45, 7) is 7.32. The van der Waals surface area contributed by atoms with Crippen LogP contribution in [0.3, 0.4) is 0 Å². The summed E-state index contributed by atoms with van der Waals surface area (Å²) in [7, 11) is 6.25. The zero-order chi connectivity index (χ0) is 9.61. The van der Waals surface area contributed by atoms with Gasteiger partial charge in [0, 0.05) is 19.6 Å². The summed E-state index contributed by atoms with van der Waals surface area (Å²) < 4.78 is 0. The van der Waals surface area contributed by atoms with E-state index in [1.807, 2.05) is 20.9 Å². The van der Waals surface area contributed by atoms with Crippen LogP contribution in [0, 0.1) is 0 Å². The number of hydrogen-bond donors (Lipinski definition) is 2. The van der Waals surface area contributed by atoms with E-state index in [1.54, 1.807) is 0 Å². The highest BCUT2D eigenvalue weighted by molar-refractivity contribution is 5.01.